The van der Waals surface area contributed by atoms with E-state index < -0.39 is 10.8 Å². The highest BCUT2D eigenvalue weighted by molar-refractivity contribution is 7.84. The molecule has 0 aliphatic rings. The lowest BCUT2D eigenvalue weighted by Crippen LogP contribution is -2.20. The van der Waals surface area contributed by atoms with Gasteiger partial charge in [0.1, 0.15) is 12.4 Å². The molecule has 2 aromatic rings. The monoisotopic (exact) mass is 304 g/mol. The van der Waals surface area contributed by atoms with Gasteiger partial charge in [0.15, 0.2) is 0 Å². The van der Waals surface area contributed by atoms with E-state index in [1.54, 1.807) is 18.6 Å². The van der Waals surface area contributed by atoms with Crippen LogP contribution in [0.15, 0.2) is 48.8 Å². The Kier molecular flexibility index (Phi) is 6.37. The van der Waals surface area contributed by atoms with E-state index in [9.17, 15) is 4.21 Å². The number of nitrogens with zero attached hydrogens (tertiary/aromatic N) is 1. The molecule has 21 heavy (non-hydrogen) atoms. The summed E-state index contributed by atoms with van der Waals surface area (Å²) in [6, 6.07) is 11.8. The van der Waals surface area contributed by atoms with Gasteiger partial charge in [-0.05, 0) is 12.1 Å². The Hall–Kier alpha value is -1.72. The molecule has 1 atom stereocenters. The highest BCUT2D eigenvalue weighted by atomic mass is 32.2. The maximum Gasteiger partial charge on any atom is 0.124 e. The minimum absolute atomic E-state index is 0.504. The molecule has 1 heterocycles. The van der Waals surface area contributed by atoms with Crippen molar-refractivity contribution in [2.45, 2.75) is 13.2 Å². The summed E-state index contributed by atoms with van der Waals surface area (Å²) >= 11 is 0. The van der Waals surface area contributed by atoms with Crippen LogP contribution in [0.1, 0.15) is 11.1 Å². The summed E-state index contributed by atoms with van der Waals surface area (Å²) in [5.41, 5.74) is 2.14. The van der Waals surface area contributed by atoms with Crippen molar-refractivity contribution in [3.63, 3.8) is 0 Å². The Morgan fingerprint density at radius 2 is 2.10 bits per heavy atom. The Bertz CT molecular complexity index is 575. The highest BCUT2D eigenvalue weighted by Crippen LogP contribution is 2.19. The van der Waals surface area contributed by atoms with Gasteiger partial charge in [-0.1, -0.05) is 24.3 Å². The van der Waals surface area contributed by atoms with E-state index in [4.69, 9.17) is 4.74 Å². The number of pyridine rings is 1. The zero-order valence-corrected chi connectivity index (χ0v) is 12.9. The Morgan fingerprint density at radius 3 is 2.86 bits per heavy atom. The molecule has 112 valence electrons. The fraction of sp³-hybridized carbons (Fsp3) is 0.312. The second kappa shape index (κ2) is 8.54. The minimum atomic E-state index is -0.758. The van der Waals surface area contributed by atoms with Crippen molar-refractivity contribution in [3.05, 3.63) is 59.9 Å². The summed E-state index contributed by atoms with van der Waals surface area (Å²) in [5, 5.41) is 3.29. The summed E-state index contributed by atoms with van der Waals surface area (Å²) in [5.74, 6) is 1.53. The van der Waals surface area contributed by atoms with Gasteiger partial charge in [-0.2, -0.15) is 0 Å². The van der Waals surface area contributed by atoms with E-state index in [-0.39, 0.29) is 0 Å². The van der Waals surface area contributed by atoms with Gasteiger partial charge in [-0.15, -0.1) is 0 Å². The quantitative estimate of drug-likeness (QED) is 0.759. The third-order valence-corrected chi connectivity index (χ3v) is 3.75. The Labute approximate surface area is 128 Å². The molecule has 5 heteroatoms. The standard InChI is InChI=1S/C16H20N2O2S/c1-21(19)10-9-18-12-15-6-2-3-7-16(15)20-13-14-5-4-8-17-11-14/h2-8,11,18H,9-10,12-13H2,1H3/t21-/m1/s1. The molecule has 0 amide bonds. The molecule has 0 aliphatic heterocycles. The fourth-order valence-electron chi connectivity index (χ4n) is 1.87. The SMILES string of the molecule is C[S@@](=O)CCNCc1ccccc1OCc1cccnc1. The van der Waals surface area contributed by atoms with Crippen molar-refractivity contribution < 1.29 is 8.95 Å². The van der Waals surface area contributed by atoms with Gasteiger partial charge < -0.3 is 10.1 Å². The summed E-state index contributed by atoms with van der Waals surface area (Å²) < 4.78 is 16.9. The van der Waals surface area contributed by atoms with Gasteiger partial charge in [0.05, 0.1) is 0 Å². The number of aromatic nitrogens is 1. The van der Waals surface area contributed by atoms with Crippen LogP contribution in [0.4, 0.5) is 0 Å². The van der Waals surface area contributed by atoms with Gasteiger partial charge in [0, 0.05) is 59.4 Å². The summed E-state index contributed by atoms with van der Waals surface area (Å²) in [4.78, 5) is 4.08. The van der Waals surface area contributed by atoms with Crippen molar-refractivity contribution in [1.82, 2.24) is 10.3 Å². The second-order valence-electron chi connectivity index (χ2n) is 4.71. The van der Waals surface area contributed by atoms with Crippen LogP contribution in [0.3, 0.4) is 0 Å². The van der Waals surface area contributed by atoms with Gasteiger partial charge in [-0.3, -0.25) is 9.19 Å². The molecule has 2 rings (SSSR count). The molecule has 0 saturated carbocycles. The maximum atomic E-state index is 11.0. The summed E-state index contributed by atoms with van der Waals surface area (Å²) in [6.07, 6.45) is 5.27. The number of nitrogens with one attached hydrogen (secondary N) is 1. The van der Waals surface area contributed by atoms with Crippen LogP contribution >= 0.6 is 0 Å². The first-order valence-corrected chi connectivity index (χ1v) is 8.59. The zero-order chi connectivity index (χ0) is 14.9. The molecular weight excluding hydrogens is 284 g/mol. The van der Waals surface area contributed by atoms with E-state index in [2.05, 4.69) is 10.3 Å². The lowest BCUT2D eigenvalue weighted by atomic mass is 10.2. The van der Waals surface area contributed by atoms with E-state index in [1.807, 2.05) is 36.4 Å². The molecule has 0 spiro atoms. The summed E-state index contributed by atoms with van der Waals surface area (Å²) in [6.45, 7) is 1.95. The summed E-state index contributed by atoms with van der Waals surface area (Å²) in [7, 11) is -0.758. The first-order valence-electron chi connectivity index (χ1n) is 6.86. The number of hydrogen-bond acceptors (Lipinski definition) is 4. The smallest absolute Gasteiger partial charge is 0.124 e. The molecule has 4 nitrogen and oxygen atoms in total. The van der Waals surface area contributed by atoms with Crippen LogP contribution in [0.2, 0.25) is 0 Å². The van der Waals surface area contributed by atoms with Crippen molar-refractivity contribution in [3.8, 4) is 5.75 Å². The molecule has 0 fully saturated rings. The third-order valence-electron chi connectivity index (χ3n) is 2.97. The van der Waals surface area contributed by atoms with Crippen molar-refractivity contribution >= 4 is 10.8 Å². The fourth-order valence-corrected chi connectivity index (χ4v) is 2.31. The number of rotatable bonds is 8. The van der Waals surface area contributed by atoms with Crippen LogP contribution in [-0.2, 0) is 24.0 Å². The first-order chi connectivity index (χ1) is 10.3. The number of para-hydroxylation sites is 1. The lowest BCUT2D eigenvalue weighted by Gasteiger charge is -2.12. The molecule has 1 N–H and O–H groups in total. The lowest BCUT2D eigenvalue weighted by molar-refractivity contribution is 0.302. The van der Waals surface area contributed by atoms with Crippen LogP contribution in [0.5, 0.6) is 5.75 Å². The molecular formula is C16H20N2O2S. The van der Waals surface area contributed by atoms with Crippen LogP contribution in [0.25, 0.3) is 0 Å². The van der Waals surface area contributed by atoms with Gasteiger partial charge in [0.2, 0.25) is 0 Å². The van der Waals surface area contributed by atoms with E-state index in [1.165, 1.54) is 0 Å². The van der Waals surface area contributed by atoms with Gasteiger partial charge >= 0.3 is 0 Å². The predicted octanol–water partition coefficient (Wildman–Crippen LogP) is 2.13. The highest BCUT2D eigenvalue weighted by Gasteiger charge is 2.03. The van der Waals surface area contributed by atoms with E-state index in [0.29, 0.717) is 18.9 Å². The molecule has 0 aliphatic carbocycles. The van der Waals surface area contributed by atoms with Crippen LogP contribution in [0, 0.1) is 0 Å². The van der Waals surface area contributed by atoms with Crippen molar-refractivity contribution in [2.24, 2.45) is 0 Å². The largest absolute Gasteiger partial charge is 0.489 e. The number of benzene rings is 1. The van der Waals surface area contributed by atoms with Crippen molar-refractivity contribution in [1.29, 1.82) is 0 Å². The van der Waals surface area contributed by atoms with Gasteiger partial charge in [-0.25, -0.2) is 0 Å². The van der Waals surface area contributed by atoms with E-state index in [0.717, 1.165) is 23.4 Å². The average molecular weight is 304 g/mol. The van der Waals surface area contributed by atoms with Crippen LogP contribution < -0.4 is 10.1 Å². The molecule has 0 bridgehead atoms. The van der Waals surface area contributed by atoms with E-state index >= 15 is 0 Å². The zero-order valence-electron chi connectivity index (χ0n) is 12.1. The van der Waals surface area contributed by atoms with Crippen molar-refractivity contribution in [2.75, 3.05) is 18.6 Å². The number of ether oxygens (including phenoxy) is 1. The molecule has 0 unspecified atom stereocenters. The molecule has 1 aromatic heterocycles. The predicted molar refractivity (Wildman–Crippen MR) is 85.7 cm³/mol. The Balaban J connectivity index is 1.89. The van der Waals surface area contributed by atoms with Crippen LogP contribution in [-0.4, -0.2) is 27.7 Å². The van der Waals surface area contributed by atoms with Gasteiger partial charge in [0.25, 0.3) is 0 Å². The minimum Gasteiger partial charge on any atom is -0.489 e. The first kappa shape index (κ1) is 15.7. The second-order valence-corrected chi connectivity index (χ2v) is 6.27. The topological polar surface area (TPSA) is 51.2 Å². The third kappa shape index (κ3) is 5.65. The molecule has 0 radical (unpaired) electrons. The number of hydrogen-bond donors (Lipinski definition) is 1. The average Bonchev–Trinajstić information content (AvgIpc) is 2.51. The Morgan fingerprint density at radius 1 is 1.24 bits per heavy atom. The maximum absolute atomic E-state index is 11.0. The molecule has 1 aromatic carbocycles. The normalized spacial score (nSPS) is 12.0. The molecule has 0 saturated heterocycles.